The van der Waals surface area contributed by atoms with Gasteiger partial charge in [0.15, 0.2) is 5.65 Å². The highest BCUT2D eigenvalue weighted by Crippen LogP contribution is 2.09. The third kappa shape index (κ3) is 1.54. The Labute approximate surface area is 81.9 Å². The summed E-state index contributed by atoms with van der Waals surface area (Å²) in [6, 6.07) is 0. The van der Waals surface area contributed by atoms with Crippen molar-refractivity contribution < 1.29 is 0 Å². The van der Waals surface area contributed by atoms with E-state index < -0.39 is 0 Å². The molecule has 2 aromatic rings. The normalized spacial score (nSPS) is 10.9. The first kappa shape index (κ1) is 8.96. The van der Waals surface area contributed by atoms with E-state index in [2.05, 4.69) is 15.4 Å². The predicted molar refractivity (Wildman–Crippen MR) is 55.0 cm³/mol. The average Bonchev–Trinajstić information content (AvgIpc) is 2.57. The molecule has 0 spiro atoms. The second kappa shape index (κ2) is 3.63. The van der Waals surface area contributed by atoms with Crippen molar-refractivity contribution in [2.45, 2.75) is 6.42 Å². The monoisotopic (exact) mass is 191 g/mol. The Morgan fingerprint density at radius 3 is 3.14 bits per heavy atom. The van der Waals surface area contributed by atoms with Gasteiger partial charge < -0.3 is 11.1 Å². The van der Waals surface area contributed by atoms with Crippen LogP contribution in [0.4, 0.5) is 5.69 Å². The van der Waals surface area contributed by atoms with E-state index in [0.29, 0.717) is 5.69 Å². The van der Waals surface area contributed by atoms with Crippen LogP contribution in [0.2, 0.25) is 0 Å². The summed E-state index contributed by atoms with van der Waals surface area (Å²) in [6.45, 7) is 0.924. The molecule has 0 aliphatic heterocycles. The van der Waals surface area contributed by atoms with Crippen LogP contribution >= 0.6 is 0 Å². The van der Waals surface area contributed by atoms with Gasteiger partial charge >= 0.3 is 0 Å². The molecule has 0 aliphatic carbocycles. The molecule has 0 fully saturated rings. The van der Waals surface area contributed by atoms with Crippen molar-refractivity contribution in [1.82, 2.24) is 19.9 Å². The molecule has 0 aliphatic rings. The molecule has 0 radical (unpaired) electrons. The minimum Gasteiger partial charge on any atom is -0.396 e. The molecule has 0 unspecified atom stereocenters. The predicted octanol–water partition coefficient (Wildman–Crippen LogP) is 0.0734. The first-order valence-electron chi connectivity index (χ1n) is 4.53. The number of rotatable bonds is 3. The molecule has 0 amide bonds. The molecule has 0 bridgehead atoms. The molecule has 2 aromatic heterocycles. The molecule has 2 rings (SSSR count). The lowest BCUT2D eigenvalue weighted by Crippen LogP contribution is -2.10. The van der Waals surface area contributed by atoms with Crippen LogP contribution in [0.15, 0.2) is 18.6 Å². The molecule has 5 nitrogen and oxygen atoms in total. The van der Waals surface area contributed by atoms with Gasteiger partial charge in [-0.3, -0.25) is 0 Å². The maximum absolute atomic E-state index is 5.60. The second-order valence-electron chi connectivity index (χ2n) is 3.18. The van der Waals surface area contributed by atoms with Gasteiger partial charge in [-0.1, -0.05) is 0 Å². The maximum atomic E-state index is 5.60. The zero-order chi connectivity index (χ0) is 9.97. The van der Waals surface area contributed by atoms with Crippen LogP contribution in [-0.2, 0) is 6.42 Å². The summed E-state index contributed by atoms with van der Waals surface area (Å²) < 4.78 is 1.71. The zero-order valence-electron chi connectivity index (χ0n) is 8.07. The Balaban J connectivity index is 2.37. The molecule has 0 saturated carbocycles. The standard InChI is InChI=1S/C9H13N5/c1-11-3-2-7-4-13-14-6-8(10)5-12-9(7)14/h4-6,11H,2-3,10H2,1H3. The minimum absolute atomic E-state index is 0.626. The fourth-order valence-electron chi connectivity index (χ4n) is 1.37. The Bertz CT molecular complexity index is 434. The quantitative estimate of drug-likeness (QED) is 0.720. The van der Waals surface area contributed by atoms with E-state index in [-0.39, 0.29) is 0 Å². The molecule has 5 heteroatoms. The van der Waals surface area contributed by atoms with Crippen LogP contribution in [0.25, 0.3) is 5.65 Å². The van der Waals surface area contributed by atoms with Gasteiger partial charge in [-0.2, -0.15) is 5.10 Å². The number of nitrogens with two attached hydrogens (primary N) is 1. The summed E-state index contributed by atoms with van der Waals surface area (Å²) >= 11 is 0. The van der Waals surface area contributed by atoms with Crippen LogP contribution in [0.5, 0.6) is 0 Å². The second-order valence-corrected chi connectivity index (χ2v) is 3.18. The highest BCUT2D eigenvalue weighted by Gasteiger charge is 2.04. The Morgan fingerprint density at radius 2 is 2.36 bits per heavy atom. The lowest BCUT2D eigenvalue weighted by molar-refractivity contribution is 0.793. The number of likely N-dealkylation sites (N-methyl/N-ethyl adjacent to an activating group) is 1. The molecule has 2 heterocycles. The first-order chi connectivity index (χ1) is 6.81. The van der Waals surface area contributed by atoms with Crippen molar-refractivity contribution in [2.75, 3.05) is 19.3 Å². The highest BCUT2D eigenvalue weighted by molar-refractivity contribution is 5.49. The Kier molecular flexibility index (Phi) is 2.32. The maximum Gasteiger partial charge on any atom is 0.158 e. The smallest absolute Gasteiger partial charge is 0.158 e. The van der Waals surface area contributed by atoms with Crippen molar-refractivity contribution in [3.05, 3.63) is 24.2 Å². The van der Waals surface area contributed by atoms with Gasteiger partial charge in [-0.25, -0.2) is 9.50 Å². The van der Waals surface area contributed by atoms with E-state index in [0.717, 1.165) is 24.2 Å². The van der Waals surface area contributed by atoms with E-state index in [1.54, 1.807) is 16.9 Å². The first-order valence-corrected chi connectivity index (χ1v) is 4.53. The average molecular weight is 191 g/mol. The molecule has 3 N–H and O–H groups in total. The molecular weight excluding hydrogens is 178 g/mol. The molecule has 0 atom stereocenters. The van der Waals surface area contributed by atoms with Crippen LogP contribution in [-0.4, -0.2) is 28.2 Å². The summed E-state index contributed by atoms with van der Waals surface area (Å²) in [5, 5.41) is 7.27. The number of nitrogens with one attached hydrogen (secondary N) is 1. The third-order valence-corrected chi connectivity index (χ3v) is 2.09. The number of nitrogen functional groups attached to an aromatic ring is 1. The summed E-state index contributed by atoms with van der Waals surface area (Å²) in [4.78, 5) is 4.24. The fraction of sp³-hybridized carbons (Fsp3) is 0.333. The van der Waals surface area contributed by atoms with Gasteiger partial charge in [0.2, 0.25) is 0 Å². The lowest BCUT2D eigenvalue weighted by Gasteiger charge is -1.98. The Morgan fingerprint density at radius 1 is 1.50 bits per heavy atom. The van der Waals surface area contributed by atoms with Crippen LogP contribution in [0.1, 0.15) is 5.56 Å². The molecule has 14 heavy (non-hydrogen) atoms. The van der Waals surface area contributed by atoms with E-state index in [4.69, 9.17) is 5.73 Å². The van der Waals surface area contributed by atoms with Gasteiger partial charge in [-0.15, -0.1) is 0 Å². The summed E-state index contributed by atoms with van der Waals surface area (Å²) in [5.74, 6) is 0. The van der Waals surface area contributed by atoms with Crippen LogP contribution < -0.4 is 11.1 Å². The summed E-state index contributed by atoms with van der Waals surface area (Å²) in [5.41, 5.74) is 8.25. The number of hydrogen-bond acceptors (Lipinski definition) is 4. The van der Waals surface area contributed by atoms with Crippen molar-refractivity contribution in [1.29, 1.82) is 0 Å². The summed E-state index contributed by atoms with van der Waals surface area (Å²) in [7, 11) is 1.93. The number of aromatic nitrogens is 3. The minimum atomic E-state index is 0.626. The number of hydrogen-bond donors (Lipinski definition) is 2. The SMILES string of the molecule is CNCCc1cnn2cc(N)cnc12. The fourth-order valence-corrected chi connectivity index (χ4v) is 1.37. The van der Waals surface area contributed by atoms with E-state index >= 15 is 0 Å². The third-order valence-electron chi connectivity index (χ3n) is 2.09. The van der Waals surface area contributed by atoms with Gasteiger partial charge in [0.1, 0.15) is 0 Å². The van der Waals surface area contributed by atoms with Crippen LogP contribution in [0.3, 0.4) is 0 Å². The van der Waals surface area contributed by atoms with E-state index in [1.807, 2.05) is 13.2 Å². The van der Waals surface area contributed by atoms with Gasteiger partial charge in [0, 0.05) is 5.56 Å². The van der Waals surface area contributed by atoms with Crippen molar-refractivity contribution in [3.63, 3.8) is 0 Å². The van der Waals surface area contributed by atoms with Crippen molar-refractivity contribution in [2.24, 2.45) is 0 Å². The van der Waals surface area contributed by atoms with Crippen molar-refractivity contribution in [3.8, 4) is 0 Å². The number of fused-ring (bicyclic) bond motifs is 1. The zero-order valence-corrected chi connectivity index (χ0v) is 8.07. The number of anilines is 1. The van der Waals surface area contributed by atoms with Gasteiger partial charge in [0.05, 0.1) is 24.3 Å². The molecular formula is C9H13N5. The topological polar surface area (TPSA) is 68.2 Å². The van der Waals surface area contributed by atoms with Crippen molar-refractivity contribution >= 4 is 11.3 Å². The van der Waals surface area contributed by atoms with Gasteiger partial charge in [0.25, 0.3) is 0 Å². The lowest BCUT2D eigenvalue weighted by atomic mass is 10.2. The molecule has 74 valence electrons. The molecule has 0 saturated heterocycles. The highest BCUT2D eigenvalue weighted by atomic mass is 15.2. The summed E-state index contributed by atoms with van der Waals surface area (Å²) in [6.07, 6.45) is 6.18. The number of nitrogens with zero attached hydrogens (tertiary/aromatic N) is 3. The molecule has 0 aromatic carbocycles. The van der Waals surface area contributed by atoms with Gasteiger partial charge in [-0.05, 0) is 20.0 Å². The van der Waals surface area contributed by atoms with E-state index in [1.165, 1.54) is 0 Å². The largest absolute Gasteiger partial charge is 0.396 e. The van der Waals surface area contributed by atoms with Crippen LogP contribution in [0, 0.1) is 0 Å². The van der Waals surface area contributed by atoms with E-state index in [9.17, 15) is 0 Å². The Hall–Kier alpha value is -1.62.